The molecular weight excluding hydrogens is 371 g/mol. The maximum atomic E-state index is 13.9. The fraction of sp³-hybridized carbons (Fsp3) is 0. The van der Waals surface area contributed by atoms with Gasteiger partial charge in [0.15, 0.2) is 5.82 Å². The smallest absolute Gasteiger partial charge is 0.163 e. The first kappa shape index (κ1) is 14.9. The molecule has 3 rings (SSSR count). The fourth-order valence-electron chi connectivity index (χ4n) is 1.84. The summed E-state index contributed by atoms with van der Waals surface area (Å²) in [6.07, 6.45) is 3.28. The lowest BCUT2D eigenvalue weighted by molar-refractivity contribution is 0.631. The standard InChI is InChI=1S/C15H9BrClFN4/c16-10-1-2-12(11(18)7-10)20-14-8-13(17)21-15(22-14)9-3-5-19-6-4-9/h1-8H,(H,20,21,22). The molecule has 0 aliphatic heterocycles. The normalized spacial score (nSPS) is 10.5. The van der Waals surface area contributed by atoms with Gasteiger partial charge in [0.05, 0.1) is 5.69 Å². The number of hydrogen-bond donors (Lipinski definition) is 1. The molecule has 0 amide bonds. The van der Waals surface area contributed by atoms with Gasteiger partial charge in [0.25, 0.3) is 0 Å². The second kappa shape index (κ2) is 6.37. The third kappa shape index (κ3) is 3.40. The molecular formula is C15H9BrClFN4. The Hall–Kier alpha value is -2.05. The summed E-state index contributed by atoms with van der Waals surface area (Å²) in [5.74, 6) is 0.456. The van der Waals surface area contributed by atoms with Gasteiger partial charge in [0.1, 0.15) is 16.8 Å². The zero-order valence-electron chi connectivity index (χ0n) is 11.1. The molecule has 3 aromatic rings. The Bertz CT molecular complexity index is 814. The zero-order valence-corrected chi connectivity index (χ0v) is 13.4. The summed E-state index contributed by atoms with van der Waals surface area (Å²) >= 11 is 9.24. The molecule has 4 nitrogen and oxygen atoms in total. The number of rotatable bonds is 3. The van der Waals surface area contributed by atoms with Gasteiger partial charge in [-0.1, -0.05) is 27.5 Å². The Labute approximate surface area is 139 Å². The minimum absolute atomic E-state index is 0.266. The Morgan fingerprint density at radius 2 is 1.82 bits per heavy atom. The van der Waals surface area contributed by atoms with Gasteiger partial charge in [0.2, 0.25) is 0 Å². The molecule has 0 atom stereocenters. The van der Waals surface area contributed by atoms with E-state index in [9.17, 15) is 4.39 Å². The van der Waals surface area contributed by atoms with E-state index in [1.165, 1.54) is 12.1 Å². The Morgan fingerprint density at radius 1 is 1.05 bits per heavy atom. The average molecular weight is 380 g/mol. The monoisotopic (exact) mass is 378 g/mol. The summed E-state index contributed by atoms with van der Waals surface area (Å²) in [5, 5.41) is 3.17. The van der Waals surface area contributed by atoms with Crippen LogP contribution in [0.5, 0.6) is 0 Å². The number of anilines is 2. The van der Waals surface area contributed by atoms with Crippen LogP contribution in [0.4, 0.5) is 15.9 Å². The summed E-state index contributed by atoms with van der Waals surface area (Å²) in [4.78, 5) is 12.5. The van der Waals surface area contributed by atoms with Crippen molar-refractivity contribution in [2.45, 2.75) is 0 Å². The minimum Gasteiger partial charge on any atom is -0.338 e. The quantitative estimate of drug-likeness (QED) is 0.662. The first-order chi connectivity index (χ1) is 10.6. The van der Waals surface area contributed by atoms with Crippen molar-refractivity contribution < 1.29 is 4.39 Å². The van der Waals surface area contributed by atoms with Gasteiger partial charge in [-0.2, -0.15) is 0 Å². The van der Waals surface area contributed by atoms with Crippen molar-refractivity contribution in [3.05, 3.63) is 64.2 Å². The summed E-state index contributed by atoms with van der Waals surface area (Å²) in [6, 6.07) is 9.80. The van der Waals surface area contributed by atoms with Crippen LogP contribution in [0.1, 0.15) is 0 Å². The van der Waals surface area contributed by atoms with Crippen LogP contribution in [0.2, 0.25) is 5.15 Å². The zero-order chi connectivity index (χ0) is 15.5. The van der Waals surface area contributed by atoms with E-state index in [1.807, 2.05) is 0 Å². The predicted octanol–water partition coefficient (Wildman–Crippen LogP) is 4.84. The summed E-state index contributed by atoms with van der Waals surface area (Å²) in [6.45, 7) is 0. The number of halogens is 3. The van der Waals surface area contributed by atoms with Crippen LogP contribution in [0, 0.1) is 5.82 Å². The highest BCUT2D eigenvalue weighted by Crippen LogP contribution is 2.25. The molecule has 22 heavy (non-hydrogen) atoms. The SMILES string of the molecule is Fc1cc(Br)ccc1Nc1cc(Cl)nc(-c2ccncc2)n1. The molecule has 0 saturated heterocycles. The van der Waals surface area contributed by atoms with Crippen LogP contribution < -0.4 is 5.32 Å². The number of pyridine rings is 1. The van der Waals surface area contributed by atoms with E-state index in [2.05, 4.69) is 36.2 Å². The van der Waals surface area contributed by atoms with Crippen LogP contribution in [0.25, 0.3) is 11.4 Å². The molecule has 1 N–H and O–H groups in total. The third-order valence-corrected chi connectivity index (χ3v) is 3.51. The molecule has 0 spiro atoms. The number of hydrogen-bond acceptors (Lipinski definition) is 4. The molecule has 0 fully saturated rings. The topological polar surface area (TPSA) is 50.7 Å². The first-order valence-corrected chi connectivity index (χ1v) is 7.46. The van der Waals surface area contributed by atoms with Crippen molar-refractivity contribution in [1.82, 2.24) is 15.0 Å². The second-order valence-electron chi connectivity index (χ2n) is 4.38. The van der Waals surface area contributed by atoms with Gasteiger partial charge >= 0.3 is 0 Å². The van der Waals surface area contributed by atoms with Gasteiger partial charge in [-0.25, -0.2) is 14.4 Å². The number of nitrogens with zero attached hydrogens (tertiary/aromatic N) is 3. The highest BCUT2D eigenvalue weighted by Gasteiger charge is 2.08. The van der Waals surface area contributed by atoms with Crippen LogP contribution in [0.3, 0.4) is 0 Å². The van der Waals surface area contributed by atoms with E-state index in [0.29, 0.717) is 21.8 Å². The lowest BCUT2D eigenvalue weighted by Gasteiger charge is -2.09. The van der Waals surface area contributed by atoms with E-state index in [4.69, 9.17) is 11.6 Å². The van der Waals surface area contributed by atoms with Crippen LogP contribution in [-0.4, -0.2) is 15.0 Å². The molecule has 1 aromatic carbocycles. The summed E-state index contributed by atoms with van der Waals surface area (Å²) < 4.78 is 14.5. The Morgan fingerprint density at radius 3 is 2.55 bits per heavy atom. The van der Waals surface area contributed by atoms with Crippen LogP contribution in [0.15, 0.2) is 53.3 Å². The van der Waals surface area contributed by atoms with E-state index in [1.54, 1.807) is 36.7 Å². The third-order valence-electron chi connectivity index (χ3n) is 2.83. The van der Waals surface area contributed by atoms with Gasteiger partial charge in [-0.15, -0.1) is 0 Å². The second-order valence-corrected chi connectivity index (χ2v) is 5.69. The number of benzene rings is 1. The maximum absolute atomic E-state index is 13.9. The van der Waals surface area contributed by atoms with Crippen molar-refractivity contribution in [1.29, 1.82) is 0 Å². The molecule has 2 heterocycles. The predicted molar refractivity (Wildman–Crippen MR) is 87.7 cm³/mol. The molecule has 0 aliphatic rings. The molecule has 0 saturated carbocycles. The largest absolute Gasteiger partial charge is 0.338 e. The van der Waals surface area contributed by atoms with Crippen LogP contribution in [-0.2, 0) is 0 Å². The van der Waals surface area contributed by atoms with Crippen molar-refractivity contribution in [3.63, 3.8) is 0 Å². The first-order valence-electron chi connectivity index (χ1n) is 6.29. The Kier molecular flexibility index (Phi) is 4.31. The lowest BCUT2D eigenvalue weighted by atomic mass is 10.2. The number of nitrogens with one attached hydrogen (secondary N) is 1. The molecule has 0 radical (unpaired) electrons. The summed E-state index contributed by atoms with van der Waals surface area (Å²) in [7, 11) is 0. The van der Waals surface area contributed by atoms with E-state index >= 15 is 0 Å². The maximum Gasteiger partial charge on any atom is 0.163 e. The molecule has 7 heteroatoms. The molecule has 2 aromatic heterocycles. The van der Waals surface area contributed by atoms with Crippen molar-refractivity contribution in [2.24, 2.45) is 0 Å². The van der Waals surface area contributed by atoms with Gasteiger partial charge < -0.3 is 5.32 Å². The molecule has 0 unspecified atom stereocenters. The summed E-state index contributed by atoms with van der Waals surface area (Å²) in [5.41, 5.74) is 1.08. The number of aromatic nitrogens is 3. The average Bonchev–Trinajstić information content (AvgIpc) is 2.50. The van der Waals surface area contributed by atoms with Gasteiger partial charge in [0, 0.05) is 28.5 Å². The molecule has 0 aliphatic carbocycles. The molecule has 0 bridgehead atoms. The highest BCUT2D eigenvalue weighted by atomic mass is 79.9. The lowest BCUT2D eigenvalue weighted by Crippen LogP contribution is -1.99. The minimum atomic E-state index is -0.394. The van der Waals surface area contributed by atoms with Crippen molar-refractivity contribution in [3.8, 4) is 11.4 Å². The van der Waals surface area contributed by atoms with Crippen molar-refractivity contribution >= 4 is 39.0 Å². The van der Waals surface area contributed by atoms with E-state index < -0.39 is 5.82 Å². The van der Waals surface area contributed by atoms with Gasteiger partial charge in [-0.3, -0.25) is 4.98 Å². The van der Waals surface area contributed by atoms with Crippen LogP contribution >= 0.6 is 27.5 Å². The fourth-order valence-corrected chi connectivity index (χ4v) is 2.36. The molecule has 110 valence electrons. The van der Waals surface area contributed by atoms with E-state index in [-0.39, 0.29) is 5.15 Å². The van der Waals surface area contributed by atoms with Crippen molar-refractivity contribution in [2.75, 3.05) is 5.32 Å². The highest BCUT2D eigenvalue weighted by molar-refractivity contribution is 9.10. The van der Waals surface area contributed by atoms with Gasteiger partial charge in [-0.05, 0) is 30.3 Å². The Balaban J connectivity index is 1.96. The van der Waals surface area contributed by atoms with E-state index in [0.717, 1.165) is 5.56 Å².